The number of hydrogen-bond acceptors (Lipinski definition) is 4. The van der Waals surface area contributed by atoms with E-state index in [0.29, 0.717) is 22.5 Å². The summed E-state index contributed by atoms with van der Waals surface area (Å²) in [5, 5.41) is 1.31. The predicted octanol–water partition coefficient (Wildman–Crippen LogP) is 2.48. The van der Waals surface area contributed by atoms with Gasteiger partial charge in [0.15, 0.2) is 0 Å². The van der Waals surface area contributed by atoms with Gasteiger partial charge in [0.25, 0.3) is 0 Å². The van der Waals surface area contributed by atoms with Crippen LogP contribution < -0.4 is 11.3 Å². The lowest BCUT2D eigenvalue weighted by Gasteiger charge is -2.38. The first-order valence-electron chi connectivity index (χ1n) is 7.27. The van der Waals surface area contributed by atoms with Crippen LogP contribution in [-0.2, 0) is 11.2 Å². The summed E-state index contributed by atoms with van der Waals surface area (Å²) in [6.07, 6.45) is 0.765. The zero-order valence-corrected chi connectivity index (χ0v) is 14.0. The number of morpholine rings is 1. The molecule has 0 spiro atoms. The fourth-order valence-corrected chi connectivity index (χ4v) is 3.12. The first-order chi connectivity index (χ1) is 10.0. The van der Waals surface area contributed by atoms with E-state index in [-0.39, 0.29) is 12.1 Å². The van der Waals surface area contributed by atoms with Crippen LogP contribution in [0.3, 0.4) is 0 Å². The molecule has 21 heavy (non-hydrogen) atoms. The Hall–Kier alpha value is -0.360. The molecule has 1 aliphatic heterocycles. The Morgan fingerprint density at radius 3 is 2.81 bits per heavy atom. The summed E-state index contributed by atoms with van der Waals surface area (Å²) in [6, 6.07) is 6.07. The second-order valence-corrected chi connectivity index (χ2v) is 6.55. The zero-order chi connectivity index (χ0) is 15.4. The van der Waals surface area contributed by atoms with Crippen LogP contribution in [-0.4, -0.2) is 42.8 Å². The number of hydrazine groups is 1. The van der Waals surface area contributed by atoms with Crippen molar-refractivity contribution in [3.8, 4) is 0 Å². The largest absolute Gasteiger partial charge is 0.374 e. The van der Waals surface area contributed by atoms with Gasteiger partial charge in [-0.3, -0.25) is 16.2 Å². The summed E-state index contributed by atoms with van der Waals surface area (Å²) in [6.45, 7) is 6.97. The highest BCUT2D eigenvalue weighted by Gasteiger charge is 2.29. The minimum atomic E-state index is 0.0187. The summed E-state index contributed by atoms with van der Waals surface area (Å²) in [5.41, 5.74) is 3.90. The topological polar surface area (TPSA) is 50.5 Å². The van der Waals surface area contributed by atoms with Crippen LogP contribution in [0, 0.1) is 0 Å². The Morgan fingerprint density at radius 1 is 1.43 bits per heavy atom. The third-order valence-corrected chi connectivity index (χ3v) is 4.56. The van der Waals surface area contributed by atoms with Gasteiger partial charge in [0.1, 0.15) is 0 Å². The number of hydrogen-bond donors (Lipinski definition) is 2. The number of nitrogens with one attached hydrogen (secondary N) is 1. The summed E-state index contributed by atoms with van der Waals surface area (Å²) in [5.74, 6) is 5.74. The van der Waals surface area contributed by atoms with Crippen molar-refractivity contribution in [1.29, 1.82) is 0 Å². The maximum Gasteiger partial charge on any atom is 0.0872 e. The van der Waals surface area contributed by atoms with E-state index >= 15 is 0 Å². The van der Waals surface area contributed by atoms with E-state index < -0.39 is 0 Å². The number of rotatable bonds is 5. The Balaban J connectivity index is 2.05. The molecule has 0 aromatic heterocycles. The summed E-state index contributed by atoms with van der Waals surface area (Å²) in [4.78, 5) is 2.40. The third kappa shape index (κ3) is 4.55. The van der Waals surface area contributed by atoms with Gasteiger partial charge in [0, 0.05) is 29.2 Å². The van der Waals surface area contributed by atoms with E-state index in [1.165, 1.54) is 0 Å². The fraction of sp³-hybridized carbons (Fsp3) is 0.600. The van der Waals surface area contributed by atoms with Gasteiger partial charge < -0.3 is 4.74 Å². The van der Waals surface area contributed by atoms with Crippen LogP contribution >= 0.6 is 23.2 Å². The van der Waals surface area contributed by atoms with E-state index in [9.17, 15) is 0 Å². The molecule has 1 fully saturated rings. The SMILES string of the molecule is CC(C)N1CCOC(C(Cc2ccc(Cl)cc2Cl)NN)C1. The molecule has 3 N–H and O–H groups in total. The molecular formula is C15H23Cl2N3O. The molecule has 1 heterocycles. The van der Waals surface area contributed by atoms with E-state index in [4.69, 9.17) is 33.8 Å². The van der Waals surface area contributed by atoms with Crippen molar-refractivity contribution in [3.63, 3.8) is 0 Å². The van der Waals surface area contributed by atoms with Gasteiger partial charge in [0.05, 0.1) is 18.8 Å². The number of nitrogens with two attached hydrogens (primary N) is 1. The van der Waals surface area contributed by atoms with Gasteiger partial charge in [0.2, 0.25) is 0 Å². The summed E-state index contributed by atoms with van der Waals surface area (Å²) < 4.78 is 5.89. The zero-order valence-electron chi connectivity index (χ0n) is 12.5. The minimum Gasteiger partial charge on any atom is -0.374 e. The fourth-order valence-electron chi connectivity index (χ4n) is 2.63. The Bertz CT molecular complexity index is 470. The molecule has 0 aliphatic carbocycles. The van der Waals surface area contributed by atoms with Crippen molar-refractivity contribution >= 4 is 23.2 Å². The normalized spacial score (nSPS) is 21.7. The van der Waals surface area contributed by atoms with Crippen molar-refractivity contribution in [1.82, 2.24) is 10.3 Å². The number of halogens is 2. The van der Waals surface area contributed by atoms with Crippen LogP contribution in [0.1, 0.15) is 19.4 Å². The maximum atomic E-state index is 6.24. The van der Waals surface area contributed by atoms with Crippen LogP contribution in [0.5, 0.6) is 0 Å². The average Bonchev–Trinajstić information content (AvgIpc) is 2.46. The molecule has 0 amide bonds. The van der Waals surface area contributed by atoms with Gasteiger partial charge in [-0.15, -0.1) is 0 Å². The van der Waals surface area contributed by atoms with Gasteiger partial charge in [-0.2, -0.15) is 0 Å². The molecule has 2 rings (SSSR count). The minimum absolute atomic E-state index is 0.0187. The molecular weight excluding hydrogens is 309 g/mol. The van der Waals surface area contributed by atoms with E-state index in [1.54, 1.807) is 6.07 Å². The molecule has 6 heteroatoms. The lowest BCUT2D eigenvalue weighted by atomic mass is 10.00. The molecule has 2 atom stereocenters. The van der Waals surface area contributed by atoms with Gasteiger partial charge >= 0.3 is 0 Å². The highest BCUT2D eigenvalue weighted by molar-refractivity contribution is 6.35. The number of nitrogens with zero attached hydrogens (tertiary/aromatic N) is 1. The predicted molar refractivity (Wildman–Crippen MR) is 87.7 cm³/mol. The third-order valence-electron chi connectivity index (χ3n) is 3.97. The average molecular weight is 332 g/mol. The Labute approximate surface area is 136 Å². The van der Waals surface area contributed by atoms with Crippen molar-refractivity contribution in [2.45, 2.75) is 38.5 Å². The lowest BCUT2D eigenvalue weighted by Crippen LogP contribution is -2.56. The van der Waals surface area contributed by atoms with E-state index in [1.807, 2.05) is 12.1 Å². The molecule has 0 bridgehead atoms. The van der Waals surface area contributed by atoms with Crippen molar-refractivity contribution in [2.75, 3.05) is 19.7 Å². The molecule has 2 unspecified atom stereocenters. The van der Waals surface area contributed by atoms with Crippen LogP contribution in [0.4, 0.5) is 0 Å². The summed E-state index contributed by atoms with van der Waals surface area (Å²) >= 11 is 12.2. The monoisotopic (exact) mass is 331 g/mol. The molecule has 4 nitrogen and oxygen atoms in total. The number of ether oxygens (including phenoxy) is 1. The molecule has 0 radical (unpaired) electrons. The highest BCUT2D eigenvalue weighted by atomic mass is 35.5. The van der Waals surface area contributed by atoms with Crippen molar-refractivity contribution < 1.29 is 4.74 Å². The van der Waals surface area contributed by atoms with Gasteiger partial charge in [-0.1, -0.05) is 29.3 Å². The molecule has 1 aromatic carbocycles. The number of benzene rings is 1. The lowest BCUT2D eigenvalue weighted by molar-refractivity contribution is -0.0552. The molecule has 0 saturated carbocycles. The Morgan fingerprint density at radius 2 is 2.19 bits per heavy atom. The van der Waals surface area contributed by atoms with Crippen molar-refractivity contribution in [2.24, 2.45) is 5.84 Å². The van der Waals surface area contributed by atoms with Gasteiger partial charge in [-0.25, -0.2) is 0 Å². The second kappa shape index (κ2) is 7.77. The van der Waals surface area contributed by atoms with E-state index in [0.717, 1.165) is 25.3 Å². The molecule has 1 aliphatic rings. The quantitative estimate of drug-likeness (QED) is 0.642. The molecule has 1 saturated heterocycles. The van der Waals surface area contributed by atoms with Crippen LogP contribution in [0.15, 0.2) is 18.2 Å². The first-order valence-corrected chi connectivity index (χ1v) is 8.02. The molecule has 118 valence electrons. The first kappa shape index (κ1) is 17.0. The van der Waals surface area contributed by atoms with Gasteiger partial charge in [-0.05, 0) is 38.0 Å². The molecule has 1 aromatic rings. The Kier molecular flexibility index (Phi) is 6.29. The standard InChI is InChI=1S/C15H23Cl2N3O/c1-10(2)20-5-6-21-15(9-20)14(19-18)7-11-3-4-12(16)8-13(11)17/h3-4,8,10,14-15,19H,5-7,9,18H2,1-2H3. The highest BCUT2D eigenvalue weighted by Crippen LogP contribution is 2.23. The van der Waals surface area contributed by atoms with Crippen LogP contribution in [0.25, 0.3) is 0 Å². The smallest absolute Gasteiger partial charge is 0.0872 e. The maximum absolute atomic E-state index is 6.24. The van der Waals surface area contributed by atoms with Crippen molar-refractivity contribution in [3.05, 3.63) is 33.8 Å². The van der Waals surface area contributed by atoms with E-state index in [2.05, 4.69) is 24.2 Å². The second-order valence-electron chi connectivity index (χ2n) is 5.71. The van der Waals surface area contributed by atoms with Crippen LogP contribution in [0.2, 0.25) is 10.0 Å². The summed E-state index contributed by atoms with van der Waals surface area (Å²) in [7, 11) is 0.